The Morgan fingerprint density at radius 3 is 2.79 bits per heavy atom. The van der Waals surface area contributed by atoms with Gasteiger partial charge in [0.05, 0.1) is 0 Å². The minimum Gasteiger partial charge on any atom is -0.445 e. The van der Waals surface area contributed by atoms with Crippen LogP contribution in [0.3, 0.4) is 0 Å². The van der Waals surface area contributed by atoms with E-state index < -0.39 is 0 Å². The summed E-state index contributed by atoms with van der Waals surface area (Å²) in [6, 6.07) is 9.76. The predicted octanol–water partition coefficient (Wildman–Crippen LogP) is 2.21. The van der Waals surface area contributed by atoms with Crippen LogP contribution in [0.25, 0.3) is 0 Å². The molecule has 1 saturated heterocycles. The van der Waals surface area contributed by atoms with Crippen molar-refractivity contribution in [3.05, 3.63) is 35.9 Å². The van der Waals surface area contributed by atoms with Crippen LogP contribution in [0.4, 0.5) is 4.79 Å². The number of hydrogen-bond acceptors (Lipinski definition) is 3. The maximum absolute atomic E-state index is 11.9. The molecule has 0 radical (unpaired) electrons. The van der Waals surface area contributed by atoms with E-state index in [2.05, 4.69) is 11.9 Å². The molecule has 4 heteroatoms. The fourth-order valence-electron chi connectivity index (χ4n) is 2.47. The minimum atomic E-state index is -0.238. The van der Waals surface area contributed by atoms with Crippen molar-refractivity contribution in [2.75, 3.05) is 33.7 Å². The second kappa shape index (κ2) is 6.57. The van der Waals surface area contributed by atoms with E-state index in [1.807, 2.05) is 37.4 Å². The third-order valence-corrected chi connectivity index (χ3v) is 3.54. The molecular formula is C15H22N2O2. The van der Waals surface area contributed by atoms with Gasteiger partial charge in [0.25, 0.3) is 0 Å². The highest BCUT2D eigenvalue weighted by Gasteiger charge is 2.23. The molecule has 1 fully saturated rings. The highest BCUT2D eigenvalue weighted by molar-refractivity contribution is 5.67. The predicted molar refractivity (Wildman–Crippen MR) is 74.9 cm³/mol. The number of ether oxygens (including phenoxy) is 1. The van der Waals surface area contributed by atoms with E-state index in [0.29, 0.717) is 12.5 Å². The Labute approximate surface area is 115 Å². The van der Waals surface area contributed by atoms with Crippen molar-refractivity contribution in [1.29, 1.82) is 0 Å². The highest BCUT2D eigenvalue weighted by Crippen LogP contribution is 2.15. The molecule has 2 rings (SSSR count). The lowest BCUT2D eigenvalue weighted by atomic mass is 10.1. The molecule has 0 aromatic heterocycles. The molecule has 0 aliphatic carbocycles. The smallest absolute Gasteiger partial charge is 0.409 e. The number of likely N-dealkylation sites (tertiary alicyclic amines) is 1. The summed E-state index contributed by atoms with van der Waals surface area (Å²) < 4.78 is 5.30. The van der Waals surface area contributed by atoms with E-state index in [0.717, 1.165) is 31.6 Å². The molecular weight excluding hydrogens is 240 g/mol. The maximum atomic E-state index is 11.9. The molecule has 0 saturated carbocycles. The van der Waals surface area contributed by atoms with E-state index in [1.165, 1.54) is 0 Å². The second-order valence-corrected chi connectivity index (χ2v) is 5.34. The fraction of sp³-hybridized carbons (Fsp3) is 0.533. The summed E-state index contributed by atoms with van der Waals surface area (Å²) in [6.45, 7) is 3.31. The molecule has 4 nitrogen and oxygen atoms in total. The van der Waals surface area contributed by atoms with Gasteiger partial charge in [-0.05, 0) is 31.5 Å². The van der Waals surface area contributed by atoms with Gasteiger partial charge in [-0.3, -0.25) is 0 Å². The third-order valence-electron chi connectivity index (χ3n) is 3.54. The maximum Gasteiger partial charge on any atom is 0.409 e. The lowest BCUT2D eigenvalue weighted by Crippen LogP contribution is -2.33. The van der Waals surface area contributed by atoms with Gasteiger partial charge in [-0.1, -0.05) is 30.3 Å². The van der Waals surface area contributed by atoms with Crippen LogP contribution in [0.5, 0.6) is 0 Å². The zero-order valence-electron chi connectivity index (χ0n) is 11.7. The van der Waals surface area contributed by atoms with Crippen LogP contribution < -0.4 is 0 Å². The van der Waals surface area contributed by atoms with Crippen LogP contribution in [0.2, 0.25) is 0 Å². The average molecular weight is 262 g/mol. The van der Waals surface area contributed by atoms with E-state index in [9.17, 15) is 4.79 Å². The molecule has 1 aromatic carbocycles. The van der Waals surface area contributed by atoms with Gasteiger partial charge in [0.15, 0.2) is 0 Å². The molecule has 1 aliphatic heterocycles. The van der Waals surface area contributed by atoms with Gasteiger partial charge in [0.1, 0.15) is 6.61 Å². The topological polar surface area (TPSA) is 32.8 Å². The van der Waals surface area contributed by atoms with Crippen LogP contribution in [-0.4, -0.2) is 49.6 Å². The first-order chi connectivity index (χ1) is 9.15. The summed E-state index contributed by atoms with van der Waals surface area (Å²) in [7, 11) is 3.93. The molecule has 1 aliphatic rings. The zero-order chi connectivity index (χ0) is 13.7. The Kier molecular flexibility index (Phi) is 4.80. The number of hydrogen-bond donors (Lipinski definition) is 0. The van der Waals surface area contributed by atoms with Gasteiger partial charge in [-0.2, -0.15) is 0 Å². The van der Waals surface area contributed by atoms with Gasteiger partial charge >= 0.3 is 6.09 Å². The molecule has 0 bridgehead atoms. The van der Waals surface area contributed by atoms with Gasteiger partial charge in [-0.25, -0.2) is 4.79 Å². The van der Waals surface area contributed by atoms with Crippen molar-refractivity contribution in [1.82, 2.24) is 9.80 Å². The molecule has 1 amide bonds. The number of carbonyl (C=O) groups excluding carboxylic acids is 1. The van der Waals surface area contributed by atoms with Gasteiger partial charge in [0, 0.05) is 20.1 Å². The first kappa shape index (κ1) is 13.9. The molecule has 0 N–H and O–H groups in total. The SMILES string of the molecule is CN1CC[C@@H](CN(C)C(=O)OCc2ccccc2)C1. The van der Waals surface area contributed by atoms with E-state index in [-0.39, 0.29) is 6.09 Å². The molecule has 104 valence electrons. The van der Waals surface area contributed by atoms with Gasteiger partial charge < -0.3 is 14.5 Å². The molecule has 1 heterocycles. The number of rotatable bonds is 4. The number of carbonyl (C=O) groups is 1. The monoisotopic (exact) mass is 262 g/mol. The van der Waals surface area contributed by atoms with Crippen molar-refractivity contribution >= 4 is 6.09 Å². The van der Waals surface area contributed by atoms with Crippen molar-refractivity contribution < 1.29 is 9.53 Å². The normalized spacial score (nSPS) is 19.4. The Bertz CT molecular complexity index is 408. The lowest BCUT2D eigenvalue weighted by molar-refractivity contribution is 0.0998. The Morgan fingerprint density at radius 2 is 2.16 bits per heavy atom. The zero-order valence-corrected chi connectivity index (χ0v) is 11.7. The van der Waals surface area contributed by atoms with Gasteiger partial charge in [0.2, 0.25) is 0 Å². The standard InChI is InChI=1S/C15H22N2O2/c1-16-9-8-14(10-16)11-17(2)15(18)19-12-13-6-4-3-5-7-13/h3-7,14H,8-12H2,1-2H3/t14-/m1/s1. The third kappa shape index (κ3) is 4.24. The number of benzene rings is 1. The average Bonchev–Trinajstić information content (AvgIpc) is 2.82. The van der Waals surface area contributed by atoms with Crippen molar-refractivity contribution in [3.8, 4) is 0 Å². The molecule has 1 aromatic rings. The van der Waals surface area contributed by atoms with Crippen LogP contribution in [0.15, 0.2) is 30.3 Å². The van der Waals surface area contributed by atoms with E-state index in [4.69, 9.17) is 4.74 Å². The summed E-state index contributed by atoms with van der Waals surface area (Å²) in [5.74, 6) is 0.569. The quantitative estimate of drug-likeness (QED) is 0.834. The Balaban J connectivity index is 1.73. The number of amides is 1. The summed E-state index contributed by atoms with van der Waals surface area (Å²) in [4.78, 5) is 15.9. The Morgan fingerprint density at radius 1 is 1.42 bits per heavy atom. The van der Waals surface area contributed by atoms with Crippen LogP contribution in [0.1, 0.15) is 12.0 Å². The molecule has 0 spiro atoms. The molecule has 1 atom stereocenters. The van der Waals surface area contributed by atoms with Crippen molar-refractivity contribution in [2.24, 2.45) is 5.92 Å². The lowest BCUT2D eigenvalue weighted by Gasteiger charge is -2.20. The van der Waals surface area contributed by atoms with E-state index >= 15 is 0 Å². The largest absolute Gasteiger partial charge is 0.445 e. The van der Waals surface area contributed by atoms with Crippen LogP contribution >= 0.6 is 0 Å². The van der Waals surface area contributed by atoms with Crippen molar-refractivity contribution in [3.63, 3.8) is 0 Å². The van der Waals surface area contributed by atoms with E-state index in [1.54, 1.807) is 4.90 Å². The van der Waals surface area contributed by atoms with Crippen LogP contribution in [-0.2, 0) is 11.3 Å². The first-order valence-electron chi connectivity index (χ1n) is 6.75. The summed E-state index contributed by atoms with van der Waals surface area (Å²) in [5.41, 5.74) is 1.02. The first-order valence-corrected chi connectivity index (χ1v) is 6.75. The minimum absolute atomic E-state index is 0.238. The second-order valence-electron chi connectivity index (χ2n) is 5.34. The Hall–Kier alpha value is -1.55. The highest BCUT2D eigenvalue weighted by atomic mass is 16.6. The van der Waals surface area contributed by atoms with Gasteiger partial charge in [-0.15, -0.1) is 0 Å². The summed E-state index contributed by atoms with van der Waals surface area (Å²) >= 11 is 0. The van der Waals surface area contributed by atoms with Crippen LogP contribution in [0, 0.1) is 5.92 Å². The van der Waals surface area contributed by atoms with Crippen molar-refractivity contribution in [2.45, 2.75) is 13.0 Å². The molecule has 0 unspecified atom stereocenters. The fourth-order valence-corrected chi connectivity index (χ4v) is 2.47. The number of nitrogens with zero attached hydrogens (tertiary/aromatic N) is 2. The molecule has 19 heavy (non-hydrogen) atoms. The summed E-state index contributed by atoms with van der Waals surface area (Å²) in [6.07, 6.45) is 0.922. The summed E-state index contributed by atoms with van der Waals surface area (Å²) in [5, 5.41) is 0.